The van der Waals surface area contributed by atoms with Crippen molar-refractivity contribution in [2.24, 2.45) is 11.8 Å². The molecule has 0 radical (unpaired) electrons. The summed E-state index contributed by atoms with van der Waals surface area (Å²) in [6.07, 6.45) is 5.57. The molecule has 0 unspecified atom stereocenters. The van der Waals surface area contributed by atoms with Gasteiger partial charge in [0.15, 0.2) is 0 Å². The van der Waals surface area contributed by atoms with Crippen molar-refractivity contribution < 1.29 is 4.79 Å². The minimum absolute atomic E-state index is 0.0257. The van der Waals surface area contributed by atoms with Gasteiger partial charge in [-0.1, -0.05) is 20.3 Å². The van der Waals surface area contributed by atoms with Gasteiger partial charge >= 0.3 is 0 Å². The van der Waals surface area contributed by atoms with E-state index in [4.69, 9.17) is 10.1 Å². The van der Waals surface area contributed by atoms with Crippen LogP contribution in [-0.4, -0.2) is 51.2 Å². The van der Waals surface area contributed by atoms with E-state index in [1.807, 2.05) is 19.9 Å². The third-order valence-electron chi connectivity index (χ3n) is 7.15. The average Bonchev–Trinajstić information content (AvgIpc) is 3.22. The predicted octanol–water partition coefficient (Wildman–Crippen LogP) is 4.00. The van der Waals surface area contributed by atoms with Crippen LogP contribution in [0.3, 0.4) is 0 Å². The number of nitrogens with zero attached hydrogens (tertiary/aromatic N) is 5. The van der Waals surface area contributed by atoms with E-state index >= 15 is 0 Å². The highest BCUT2D eigenvalue weighted by molar-refractivity contribution is 5.91. The summed E-state index contributed by atoms with van der Waals surface area (Å²) >= 11 is 0. The molecule has 0 aliphatic carbocycles. The number of anilines is 2. The summed E-state index contributed by atoms with van der Waals surface area (Å²) in [7, 11) is 0. The summed E-state index contributed by atoms with van der Waals surface area (Å²) < 4.78 is 2.12. The molecule has 2 aromatic rings. The van der Waals surface area contributed by atoms with Crippen molar-refractivity contribution in [2.75, 3.05) is 29.9 Å². The Morgan fingerprint density at radius 2 is 2.03 bits per heavy atom. The molecule has 32 heavy (non-hydrogen) atoms. The van der Waals surface area contributed by atoms with Crippen molar-refractivity contribution in [3.63, 3.8) is 0 Å². The van der Waals surface area contributed by atoms with Crippen LogP contribution in [0.2, 0.25) is 0 Å². The van der Waals surface area contributed by atoms with Crippen molar-refractivity contribution in [3.8, 4) is 0 Å². The summed E-state index contributed by atoms with van der Waals surface area (Å²) in [6.45, 7) is 15.4. The van der Waals surface area contributed by atoms with Crippen molar-refractivity contribution in [1.29, 1.82) is 0 Å². The number of carbonyl (C=O) groups excluding carboxylic acids is 1. The largest absolute Gasteiger partial charge is 0.352 e. The third-order valence-corrected chi connectivity index (χ3v) is 7.15. The van der Waals surface area contributed by atoms with E-state index in [0.29, 0.717) is 12.0 Å². The van der Waals surface area contributed by atoms with Gasteiger partial charge in [-0.05, 0) is 51.7 Å². The van der Waals surface area contributed by atoms with E-state index in [2.05, 4.69) is 46.6 Å². The molecular formula is C25H38N6O. The Kier molecular flexibility index (Phi) is 6.84. The van der Waals surface area contributed by atoms with Crippen molar-refractivity contribution >= 4 is 17.4 Å². The second kappa shape index (κ2) is 9.61. The van der Waals surface area contributed by atoms with E-state index in [1.54, 1.807) is 6.20 Å². The topological polar surface area (TPSA) is 66.3 Å². The summed E-state index contributed by atoms with van der Waals surface area (Å²) in [4.78, 5) is 21.9. The fraction of sp³-hybridized carbons (Fsp3) is 0.640. The Morgan fingerprint density at radius 1 is 1.22 bits per heavy atom. The molecule has 0 bridgehead atoms. The monoisotopic (exact) mass is 438 g/mol. The normalized spacial score (nSPS) is 21.6. The molecule has 2 aliphatic heterocycles. The first-order valence-electron chi connectivity index (χ1n) is 12.2. The zero-order chi connectivity index (χ0) is 22.8. The number of carbonyl (C=O) groups is 1. The standard InChI is InChI=1S/C25H38N6O/c1-6-31-19(5)22(18(4)28-31)15-29-14-20-9-7-8-12-30(23(20)16-29)24-11-10-21(13-26-24)27-25(32)17(2)3/h10-11,13,17,20,23H,6-9,12,14-16H2,1-5H3,(H,27,32)/t20-,23+/m1/s1. The molecule has 2 atom stereocenters. The summed E-state index contributed by atoms with van der Waals surface area (Å²) in [5.74, 6) is 1.68. The molecule has 2 saturated heterocycles. The average molecular weight is 439 g/mol. The lowest BCUT2D eigenvalue weighted by atomic mass is 9.98. The molecule has 7 heteroatoms. The lowest BCUT2D eigenvalue weighted by Crippen LogP contribution is -2.41. The van der Waals surface area contributed by atoms with Crippen molar-refractivity contribution in [3.05, 3.63) is 35.3 Å². The highest BCUT2D eigenvalue weighted by Gasteiger charge is 2.38. The van der Waals surface area contributed by atoms with Gasteiger partial charge in [-0.3, -0.25) is 14.4 Å². The SMILES string of the molecule is CCn1nc(C)c(CN2C[C@H]3CCCCN(c4ccc(NC(=O)C(C)C)cn4)[C@H]3C2)c1C. The Morgan fingerprint density at radius 3 is 2.69 bits per heavy atom. The Labute approximate surface area is 192 Å². The van der Waals surface area contributed by atoms with E-state index < -0.39 is 0 Å². The van der Waals surface area contributed by atoms with Crippen LogP contribution in [-0.2, 0) is 17.9 Å². The maximum Gasteiger partial charge on any atom is 0.226 e. The maximum absolute atomic E-state index is 12.0. The van der Waals surface area contributed by atoms with Gasteiger partial charge in [0, 0.05) is 55.9 Å². The molecular weight excluding hydrogens is 400 g/mol. The number of aryl methyl sites for hydroxylation is 2. The lowest BCUT2D eigenvalue weighted by Gasteiger charge is -2.31. The zero-order valence-electron chi connectivity index (χ0n) is 20.3. The number of pyridine rings is 1. The number of hydrogen-bond donors (Lipinski definition) is 1. The van der Waals surface area contributed by atoms with Crippen LogP contribution < -0.4 is 10.2 Å². The van der Waals surface area contributed by atoms with Crippen molar-refractivity contribution in [2.45, 2.75) is 73.0 Å². The summed E-state index contributed by atoms with van der Waals surface area (Å²) in [5.41, 5.74) is 4.62. The molecule has 0 spiro atoms. The highest BCUT2D eigenvalue weighted by Crippen LogP contribution is 2.34. The second-order valence-electron chi connectivity index (χ2n) is 9.72. The summed E-state index contributed by atoms with van der Waals surface area (Å²) in [6, 6.07) is 4.55. The molecule has 2 aliphatic rings. The molecule has 1 amide bonds. The minimum Gasteiger partial charge on any atom is -0.352 e. The van der Waals surface area contributed by atoms with Crippen LogP contribution >= 0.6 is 0 Å². The van der Waals surface area contributed by atoms with Gasteiger partial charge in [0.2, 0.25) is 5.91 Å². The Bertz CT molecular complexity index is 935. The van der Waals surface area contributed by atoms with Crippen LogP contribution in [0.1, 0.15) is 57.0 Å². The van der Waals surface area contributed by atoms with Crippen LogP contribution in [0, 0.1) is 25.7 Å². The van der Waals surface area contributed by atoms with Gasteiger partial charge in [-0.15, -0.1) is 0 Å². The minimum atomic E-state index is -0.0396. The van der Waals surface area contributed by atoms with Crippen molar-refractivity contribution in [1.82, 2.24) is 19.7 Å². The molecule has 0 saturated carbocycles. The molecule has 4 rings (SSSR count). The first-order valence-corrected chi connectivity index (χ1v) is 12.2. The fourth-order valence-corrected chi connectivity index (χ4v) is 5.26. The van der Waals surface area contributed by atoms with Crippen LogP contribution in [0.25, 0.3) is 0 Å². The molecule has 174 valence electrons. The van der Waals surface area contributed by atoms with E-state index in [0.717, 1.165) is 49.9 Å². The smallest absolute Gasteiger partial charge is 0.226 e. The van der Waals surface area contributed by atoms with Gasteiger partial charge in [0.05, 0.1) is 17.6 Å². The van der Waals surface area contributed by atoms with Crippen LogP contribution in [0.15, 0.2) is 18.3 Å². The number of likely N-dealkylation sites (tertiary alicyclic amines) is 1. The molecule has 1 N–H and O–H groups in total. The predicted molar refractivity (Wildman–Crippen MR) is 129 cm³/mol. The van der Waals surface area contributed by atoms with Crippen LogP contribution in [0.4, 0.5) is 11.5 Å². The van der Waals surface area contributed by atoms with E-state index in [9.17, 15) is 4.79 Å². The van der Waals surface area contributed by atoms with Gasteiger partial charge < -0.3 is 10.2 Å². The zero-order valence-corrected chi connectivity index (χ0v) is 20.3. The Hall–Kier alpha value is -2.41. The second-order valence-corrected chi connectivity index (χ2v) is 9.72. The van der Waals surface area contributed by atoms with Crippen LogP contribution in [0.5, 0.6) is 0 Å². The van der Waals surface area contributed by atoms with E-state index in [1.165, 1.54) is 30.5 Å². The van der Waals surface area contributed by atoms with E-state index in [-0.39, 0.29) is 11.8 Å². The quantitative estimate of drug-likeness (QED) is 0.738. The molecule has 4 heterocycles. The number of rotatable bonds is 6. The molecule has 0 aromatic carbocycles. The van der Waals surface area contributed by atoms with Gasteiger partial charge in [0.25, 0.3) is 0 Å². The number of fused-ring (bicyclic) bond motifs is 1. The molecule has 7 nitrogen and oxygen atoms in total. The number of aromatic nitrogens is 3. The molecule has 2 fully saturated rings. The highest BCUT2D eigenvalue weighted by atomic mass is 16.1. The number of amides is 1. The fourth-order valence-electron chi connectivity index (χ4n) is 5.26. The number of hydrogen-bond acceptors (Lipinski definition) is 5. The van der Waals surface area contributed by atoms with Gasteiger partial charge in [0.1, 0.15) is 5.82 Å². The third kappa shape index (κ3) is 4.68. The lowest BCUT2D eigenvalue weighted by molar-refractivity contribution is -0.118. The Balaban J connectivity index is 1.48. The van der Waals surface area contributed by atoms with Gasteiger partial charge in [-0.2, -0.15) is 5.10 Å². The molecule has 2 aromatic heterocycles. The maximum atomic E-state index is 12.0. The number of nitrogens with one attached hydrogen (secondary N) is 1. The first kappa shape index (κ1) is 22.8. The first-order chi connectivity index (χ1) is 15.4. The van der Waals surface area contributed by atoms with Gasteiger partial charge in [-0.25, -0.2) is 4.98 Å². The summed E-state index contributed by atoms with van der Waals surface area (Å²) in [5, 5.41) is 7.66.